The molecule has 0 aromatic carbocycles. The lowest BCUT2D eigenvalue weighted by Crippen LogP contribution is -2.48. The molecule has 2 aliphatic heterocycles. The van der Waals surface area contributed by atoms with E-state index in [-0.39, 0.29) is 11.0 Å². The van der Waals surface area contributed by atoms with Crippen LogP contribution in [0.15, 0.2) is 0 Å². The molecular weight excluding hydrogens is 270 g/mol. The summed E-state index contributed by atoms with van der Waals surface area (Å²) >= 11 is 4.85. The second-order valence-corrected chi connectivity index (χ2v) is 7.47. The summed E-state index contributed by atoms with van der Waals surface area (Å²) in [5.41, 5.74) is 5.52. The number of fused-ring (bicyclic) bond motifs is 1. The van der Waals surface area contributed by atoms with Crippen molar-refractivity contribution in [3.8, 4) is 0 Å². The van der Waals surface area contributed by atoms with Crippen LogP contribution >= 0.6 is 12.2 Å². The Bertz CT molecular complexity index is 424. The van der Waals surface area contributed by atoms with Gasteiger partial charge in [-0.2, -0.15) is 0 Å². The second kappa shape index (κ2) is 5.40. The molecule has 2 saturated heterocycles. The van der Waals surface area contributed by atoms with E-state index in [2.05, 4.69) is 9.62 Å². The summed E-state index contributed by atoms with van der Waals surface area (Å²) in [4.78, 5) is 2.43. The number of sulfonamides is 1. The molecule has 2 aliphatic rings. The third-order valence-corrected chi connectivity index (χ3v) is 6.39. The highest BCUT2D eigenvalue weighted by atomic mass is 32.2. The average molecular weight is 291 g/mol. The van der Waals surface area contributed by atoms with Crippen LogP contribution in [0.4, 0.5) is 0 Å². The first-order valence-corrected chi connectivity index (χ1v) is 8.45. The lowest BCUT2D eigenvalue weighted by atomic mass is 10.1. The van der Waals surface area contributed by atoms with Crippen molar-refractivity contribution < 1.29 is 8.42 Å². The third kappa shape index (κ3) is 2.68. The van der Waals surface area contributed by atoms with E-state index < -0.39 is 15.3 Å². The van der Waals surface area contributed by atoms with Gasteiger partial charge in [0.05, 0.1) is 4.99 Å². The normalized spacial score (nSPS) is 30.3. The molecule has 0 spiro atoms. The Morgan fingerprint density at radius 2 is 2.22 bits per heavy atom. The standard InChI is InChI=1S/C11H21N3O2S2/c1-2-10(11(12)17)18(15,16)13-8-5-7-14-6-3-4-9(8)14/h8-10,13H,2-7H2,1H3,(H2,12,17). The van der Waals surface area contributed by atoms with Gasteiger partial charge in [-0.05, 0) is 32.2 Å². The van der Waals surface area contributed by atoms with Gasteiger partial charge >= 0.3 is 0 Å². The predicted molar refractivity (Wildman–Crippen MR) is 75.9 cm³/mol. The Morgan fingerprint density at radius 3 is 2.83 bits per heavy atom. The van der Waals surface area contributed by atoms with Gasteiger partial charge < -0.3 is 5.73 Å². The SMILES string of the molecule is CCC(C(N)=S)S(=O)(=O)NC1CCN2CCCC12. The van der Waals surface area contributed by atoms with E-state index in [1.165, 1.54) is 0 Å². The number of thiocarbonyl (C=S) groups is 1. The van der Waals surface area contributed by atoms with Gasteiger partial charge in [0.2, 0.25) is 10.0 Å². The van der Waals surface area contributed by atoms with Gasteiger partial charge in [0, 0.05) is 18.6 Å². The van der Waals surface area contributed by atoms with Gasteiger partial charge in [0.15, 0.2) is 0 Å². The van der Waals surface area contributed by atoms with Crippen LogP contribution in [0.5, 0.6) is 0 Å². The molecule has 5 nitrogen and oxygen atoms in total. The van der Waals surface area contributed by atoms with Crippen molar-refractivity contribution in [2.75, 3.05) is 13.1 Å². The molecule has 0 saturated carbocycles. The maximum atomic E-state index is 12.3. The molecule has 3 unspecified atom stereocenters. The smallest absolute Gasteiger partial charge is 0.221 e. The number of nitrogens with two attached hydrogens (primary N) is 1. The minimum atomic E-state index is -3.44. The number of nitrogens with one attached hydrogen (secondary N) is 1. The van der Waals surface area contributed by atoms with Crippen LogP contribution in [0, 0.1) is 0 Å². The van der Waals surface area contributed by atoms with Gasteiger partial charge in [-0.25, -0.2) is 13.1 Å². The second-order valence-electron chi connectivity index (χ2n) is 5.10. The van der Waals surface area contributed by atoms with Crippen LogP contribution in [-0.4, -0.2) is 48.7 Å². The monoisotopic (exact) mass is 291 g/mol. The summed E-state index contributed by atoms with van der Waals surface area (Å²) in [7, 11) is -3.44. The van der Waals surface area contributed by atoms with Crippen LogP contribution < -0.4 is 10.5 Å². The fourth-order valence-electron chi connectivity index (χ4n) is 3.09. The van der Waals surface area contributed by atoms with E-state index in [0.29, 0.717) is 12.5 Å². The first-order chi connectivity index (χ1) is 8.45. The molecule has 7 heteroatoms. The van der Waals surface area contributed by atoms with E-state index >= 15 is 0 Å². The molecule has 0 aliphatic carbocycles. The molecule has 0 amide bonds. The van der Waals surface area contributed by atoms with Crippen LogP contribution in [0.3, 0.4) is 0 Å². The molecule has 3 atom stereocenters. The zero-order valence-corrected chi connectivity index (χ0v) is 12.3. The molecule has 2 heterocycles. The first kappa shape index (κ1) is 14.2. The Hall–Kier alpha value is -0.240. The quantitative estimate of drug-likeness (QED) is 0.708. The van der Waals surface area contributed by atoms with Crippen LogP contribution in [-0.2, 0) is 10.0 Å². The molecular formula is C11H21N3O2S2. The Kier molecular flexibility index (Phi) is 4.25. The lowest BCUT2D eigenvalue weighted by molar-refractivity contribution is 0.308. The highest BCUT2D eigenvalue weighted by Crippen LogP contribution is 2.28. The summed E-state index contributed by atoms with van der Waals surface area (Å²) in [5.74, 6) is 0. The average Bonchev–Trinajstić information content (AvgIpc) is 2.82. The van der Waals surface area contributed by atoms with Crippen LogP contribution in [0.1, 0.15) is 32.6 Å². The largest absolute Gasteiger partial charge is 0.392 e. The summed E-state index contributed by atoms with van der Waals surface area (Å²) < 4.78 is 27.3. The van der Waals surface area contributed by atoms with Crippen molar-refractivity contribution >= 4 is 27.2 Å². The third-order valence-electron chi connectivity index (χ3n) is 3.98. The number of hydrogen-bond donors (Lipinski definition) is 2. The van der Waals surface area contributed by atoms with Crippen molar-refractivity contribution in [3.05, 3.63) is 0 Å². The van der Waals surface area contributed by atoms with Crippen molar-refractivity contribution in [1.82, 2.24) is 9.62 Å². The van der Waals surface area contributed by atoms with Crippen molar-refractivity contribution in [1.29, 1.82) is 0 Å². The maximum Gasteiger partial charge on any atom is 0.221 e. The number of hydrogen-bond acceptors (Lipinski definition) is 4. The number of nitrogens with zero attached hydrogens (tertiary/aromatic N) is 1. The minimum absolute atomic E-state index is 0.0286. The molecule has 2 rings (SSSR count). The predicted octanol–water partition coefficient (Wildman–Crippen LogP) is 0.207. The molecule has 104 valence electrons. The van der Waals surface area contributed by atoms with Gasteiger partial charge in [0.1, 0.15) is 5.25 Å². The molecule has 18 heavy (non-hydrogen) atoms. The first-order valence-electron chi connectivity index (χ1n) is 6.50. The molecule has 0 radical (unpaired) electrons. The molecule has 2 fully saturated rings. The fraction of sp³-hybridized carbons (Fsp3) is 0.909. The Labute approximate surface area is 114 Å². The van der Waals surface area contributed by atoms with Crippen molar-refractivity contribution in [2.24, 2.45) is 5.73 Å². The van der Waals surface area contributed by atoms with Crippen LogP contribution in [0.2, 0.25) is 0 Å². The summed E-state index contributed by atoms with van der Waals surface area (Å²) in [6, 6.07) is 0.393. The molecule has 0 aromatic heterocycles. The minimum Gasteiger partial charge on any atom is -0.392 e. The maximum absolute atomic E-state index is 12.3. The van der Waals surface area contributed by atoms with Crippen molar-refractivity contribution in [2.45, 2.75) is 49.9 Å². The van der Waals surface area contributed by atoms with Gasteiger partial charge in [-0.1, -0.05) is 19.1 Å². The Morgan fingerprint density at radius 1 is 1.50 bits per heavy atom. The lowest BCUT2D eigenvalue weighted by Gasteiger charge is -2.23. The van der Waals surface area contributed by atoms with E-state index in [1.54, 1.807) is 6.92 Å². The van der Waals surface area contributed by atoms with Crippen molar-refractivity contribution in [3.63, 3.8) is 0 Å². The van der Waals surface area contributed by atoms with E-state index in [1.807, 2.05) is 0 Å². The zero-order chi connectivity index (χ0) is 13.3. The van der Waals surface area contributed by atoms with Gasteiger partial charge in [-0.15, -0.1) is 0 Å². The molecule has 3 N–H and O–H groups in total. The van der Waals surface area contributed by atoms with E-state index in [4.69, 9.17) is 18.0 Å². The van der Waals surface area contributed by atoms with Gasteiger partial charge in [0.25, 0.3) is 0 Å². The number of rotatable bonds is 5. The molecule has 0 bridgehead atoms. The fourth-order valence-corrected chi connectivity index (χ4v) is 5.24. The summed E-state index contributed by atoms with van der Waals surface area (Å²) in [6.07, 6.45) is 3.55. The van der Waals surface area contributed by atoms with Crippen LogP contribution in [0.25, 0.3) is 0 Å². The summed E-state index contributed by atoms with van der Waals surface area (Å²) in [5, 5.41) is -0.747. The highest BCUT2D eigenvalue weighted by Gasteiger charge is 2.40. The Balaban J connectivity index is 2.06. The van der Waals surface area contributed by atoms with E-state index in [0.717, 1.165) is 32.4 Å². The van der Waals surface area contributed by atoms with Gasteiger partial charge in [-0.3, -0.25) is 4.90 Å². The molecule has 0 aromatic rings. The topological polar surface area (TPSA) is 75.4 Å². The summed E-state index contributed by atoms with van der Waals surface area (Å²) in [6.45, 7) is 3.87. The van der Waals surface area contributed by atoms with E-state index in [9.17, 15) is 8.42 Å². The zero-order valence-electron chi connectivity index (χ0n) is 10.6. The highest BCUT2D eigenvalue weighted by molar-refractivity contribution is 7.93.